The Labute approximate surface area is 94.5 Å². The van der Waals surface area contributed by atoms with Gasteiger partial charge in [-0.15, -0.1) is 0 Å². The number of hydrogen-bond acceptors (Lipinski definition) is 4. The van der Waals surface area contributed by atoms with Crippen LogP contribution in [0.1, 0.15) is 21.6 Å². The lowest BCUT2D eigenvalue weighted by Gasteiger charge is -2.11. The summed E-state index contributed by atoms with van der Waals surface area (Å²) in [5.74, 6) is -0.563. The summed E-state index contributed by atoms with van der Waals surface area (Å²) in [5.41, 5.74) is 1.73. The predicted molar refractivity (Wildman–Crippen MR) is 61.0 cm³/mol. The van der Waals surface area contributed by atoms with Crippen LogP contribution in [0.5, 0.6) is 0 Å². The zero-order valence-electron chi connectivity index (χ0n) is 9.70. The SMILES string of the molecule is COCCNc1nc(C)cc(C)c1C(=O)O. The molecule has 2 N–H and O–H groups in total. The van der Waals surface area contributed by atoms with E-state index in [1.54, 1.807) is 20.1 Å². The largest absolute Gasteiger partial charge is 0.478 e. The number of aromatic carboxylic acids is 1. The van der Waals surface area contributed by atoms with E-state index in [2.05, 4.69) is 10.3 Å². The molecule has 1 heterocycles. The van der Waals surface area contributed by atoms with Crippen LogP contribution >= 0.6 is 0 Å². The van der Waals surface area contributed by atoms with Crippen molar-refractivity contribution in [3.63, 3.8) is 0 Å². The number of rotatable bonds is 5. The third kappa shape index (κ3) is 2.93. The molecule has 88 valence electrons. The molecule has 0 aromatic carbocycles. The van der Waals surface area contributed by atoms with Gasteiger partial charge < -0.3 is 15.2 Å². The summed E-state index contributed by atoms with van der Waals surface area (Å²) in [6.07, 6.45) is 0. The number of pyridine rings is 1. The van der Waals surface area contributed by atoms with Crippen molar-refractivity contribution in [3.8, 4) is 0 Å². The first-order valence-corrected chi connectivity index (χ1v) is 5.00. The lowest BCUT2D eigenvalue weighted by Crippen LogP contribution is -2.14. The minimum Gasteiger partial charge on any atom is -0.478 e. The van der Waals surface area contributed by atoms with Gasteiger partial charge in [-0.2, -0.15) is 0 Å². The Balaban J connectivity index is 2.99. The Morgan fingerprint density at radius 1 is 1.56 bits per heavy atom. The molecule has 0 aliphatic heterocycles. The Bertz CT molecular complexity index is 391. The third-order valence-corrected chi connectivity index (χ3v) is 2.16. The van der Waals surface area contributed by atoms with Crippen molar-refractivity contribution < 1.29 is 14.6 Å². The molecule has 1 aromatic heterocycles. The molecule has 0 fully saturated rings. The van der Waals surface area contributed by atoms with E-state index in [4.69, 9.17) is 9.84 Å². The van der Waals surface area contributed by atoms with Crippen molar-refractivity contribution in [1.82, 2.24) is 4.98 Å². The fraction of sp³-hybridized carbons (Fsp3) is 0.455. The average Bonchev–Trinajstić information content (AvgIpc) is 2.16. The highest BCUT2D eigenvalue weighted by Gasteiger charge is 2.14. The van der Waals surface area contributed by atoms with Crippen LogP contribution in [0, 0.1) is 13.8 Å². The van der Waals surface area contributed by atoms with Gasteiger partial charge in [0, 0.05) is 19.3 Å². The molecule has 0 aliphatic rings. The van der Waals surface area contributed by atoms with Crippen molar-refractivity contribution in [2.75, 3.05) is 25.6 Å². The topological polar surface area (TPSA) is 71.5 Å². The number of carboxylic acid groups (broad SMARTS) is 1. The van der Waals surface area contributed by atoms with E-state index >= 15 is 0 Å². The van der Waals surface area contributed by atoms with Gasteiger partial charge in [0.1, 0.15) is 11.4 Å². The molecule has 1 rings (SSSR count). The minimum absolute atomic E-state index is 0.224. The molecule has 16 heavy (non-hydrogen) atoms. The highest BCUT2D eigenvalue weighted by atomic mass is 16.5. The molecule has 0 aliphatic carbocycles. The summed E-state index contributed by atoms with van der Waals surface area (Å²) in [7, 11) is 1.59. The minimum atomic E-state index is -0.968. The fourth-order valence-electron chi connectivity index (χ4n) is 1.51. The number of aromatic nitrogens is 1. The third-order valence-electron chi connectivity index (χ3n) is 2.16. The number of nitrogens with one attached hydrogen (secondary N) is 1. The molecule has 0 radical (unpaired) electrons. The van der Waals surface area contributed by atoms with Crippen LogP contribution < -0.4 is 5.32 Å². The van der Waals surface area contributed by atoms with E-state index in [1.807, 2.05) is 6.92 Å². The summed E-state index contributed by atoms with van der Waals surface area (Å²) in [6, 6.07) is 1.75. The van der Waals surface area contributed by atoms with Gasteiger partial charge >= 0.3 is 5.97 Å². The second-order valence-electron chi connectivity index (χ2n) is 3.53. The van der Waals surface area contributed by atoms with Crippen LogP contribution in [0.2, 0.25) is 0 Å². The molecule has 1 aromatic rings. The Morgan fingerprint density at radius 3 is 2.81 bits per heavy atom. The lowest BCUT2D eigenvalue weighted by atomic mass is 10.1. The predicted octanol–water partition coefficient (Wildman–Crippen LogP) is 1.45. The summed E-state index contributed by atoms with van der Waals surface area (Å²) >= 11 is 0. The second-order valence-corrected chi connectivity index (χ2v) is 3.53. The van der Waals surface area contributed by atoms with Gasteiger partial charge in [-0.05, 0) is 25.5 Å². The number of ether oxygens (including phenoxy) is 1. The van der Waals surface area contributed by atoms with Gasteiger partial charge in [-0.25, -0.2) is 9.78 Å². The number of methoxy groups -OCH3 is 1. The van der Waals surface area contributed by atoms with Crippen molar-refractivity contribution in [2.45, 2.75) is 13.8 Å². The van der Waals surface area contributed by atoms with Crippen molar-refractivity contribution >= 4 is 11.8 Å². The molecule has 5 nitrogen and oxygen atoms in total. The summed E-state index contributed by atoms with van der Waals surface area (Å²) < 4.78 is 4.89. The number of carboxylic acids is 1. The van der Waals surface area contributed by atoms with Crippen molar-refractivity contribution in [2.24, 2.45) is 0 Å². The molecule has 0 atom stereocenters. The van der Waals surface area contributed by atoms with Gasteiger partial charge in [0.2, 0.25) is 0 Å². The first kappa shape index (κ1) is 12.4. The van der Waals surface area contributed by atoms with Crippen molar-refractivity contribution in [3.05, 3.63) is 22.9 Å². The van der Waals surface area contributed by atoms with Crippen molar-refractivity contribution in [1.29, 1.82) is 0 Å². The van der Waals surface area contributed by atoms with Crippen LogP contribution in [0.4, 0.5) is 5.82 Å². The van der Waals surface area contributed by atoms with E-state index in [0.717, 1.165) is 5.69 Å². The number of hydrogen-bond donors (Lipinski definition) is 2. The molecule has 0 saturated carbocycles. The van der Waals surface area contributed by atoms with E-state index < -0.39 is 5.97 Å². The summed E-state index contributed by atoms with van der Waals surface area (Å²) in [6.45, 7) is 4.64. The summed E-state index contributed by atoms with van der Waals surface area (Å²) in [4.78, 5) is 15.3. The van der Waals surface area contributed by atoms with Gasteiger partial charge in [0.25, 0.3) is 0 Å². The molecular weight excluding hydrogens is 208 g/mol. The molecule has 0 amide bonds. The number of carbonyl (C=O) groups is 1. The molecule has 0 spiro atoms. The molecule has 5 heteroatoms. The number of anilines is 1. The van der Waals surface area contributed by atoms with Gasteiger partial charge in [-0.1, -0.05) is 0 Å². The first-order chi connectivity index (χ1) is 7.56. The average molecular weight is 224 g/mol. The number of aryl methyl sites for hydroxylation is 2. The van der Waals surface area contributed by atoms with E-state index in [9.17, 15) is 4.79 Å². The molecule has 0 bridgehead atoms. The Hall–Kier alpha value is -1.62. The zero-order valence-corrected chi connectivity index (χ0v) is 9.70. The smallest absolute Gasteiger partial charge is 0.339 e. The standard InChI is InChI=1S/C11H16N2O3/c1-7-6-8(2)13-10(9(7)11(14)15)12-4-5-16-3/h6H,4-5H2,1-3H3,(H,12,13)(H,14,15). The molecule has 0 saturated heterocycles. The highest BCUT2D eigenvalue weighted by molar-refractivity contribution is 5.94. The van der Waals surface area contributed by atoms with Crippen LogP contribution in [0.3, 0.4) is 0 Å². The van der Waals surface area contributed by atoms with Gasteiger partial charge in [0.15, 0.2) is 0 Å². The Kier molecular flexibility index (Phi) is 4.25. The normalized spacial score (nSPS) is 10.2. The molecule has 0 unspecified atom stereocenters. The van der Waals surface area contributed by atoms with Crippen LogP contribution in [0.25, 0.3) is 0 Å². The maximum absolute atomic E-state index is 11.1. The maximum atomic E-state index is 11.1. The Morgan fingerprint density at radius 2 is 2.25 bits per heavy atom. The highest BCUT2D eigenvalue weighted by Crippen LogP contribution is 2.18. The lowest BCUT2D eigenvalue weighted by molar-refractivity contribution is 0.0696. The quantitative estimate of drug-likeness (QED) is 0.741. The van der Waals surface area contributed by atoms with Gasteiger partial charge in [0.05, 0.1) is 6.61 Å². The summed E-state index contributed by atoms with van der Waals surface area (Å²) in [5, 5.41) is 12.0. The van der Waals surface area contributed by atoms with Crippen LogP contribution in [-0.4, -0.2) is 36.3 Å². The second kappa shape index (κ2) is 5.46. The first-order valence-electron chi connectivity index (χ1n) is 5.00. The number of nitrogens with zero attached hydrogens (tertiary/aromatic N) is 1. The fourth-order valence-corrected chi connectivity index (χ4v) is 1.51. The van der Waals surface area contributed by atoms with Crippen LogP contribution in [-0.2, 0) is 4.74 Å². The van der Waals surface area contributed by atoms with Crippen LogP contribution in [0.15, 0.2) is 6.07 Å². The van der Waals surface area contributed by atoms with Gasteiger partial charge in [-0.3, -0.25) is 0 Å². The zero-order chi connectivity index (χ0) is 12.1. The van der Waals surface area contributed by atoms with E-state index in [-0.39, 0.29) is 5.56 Å². The van der Waals surface area contributed by atoms with E-state index in [1.165, 1.54) is 0 Å². The maximum Gasteiger partial charge on any atom is 0.339 e. The van der Waals surface area contributed by atoms with E-state index in [0.29, 0.717) is 24.5 Å². The molecular formula is C11H16N2O3. The monoisotopic (exact) mass is 224 g/mol.